The van der Waals surface area contributed by atoms with Gasteiger partial charge in [-0.25, -0.2) is 4.98 Å². The Morgan fingerprint density at radius 2 is 2.28 bits per heavy atom. The fourth-order valence-corrected chi connectivity index (χ4v) is 3.10. The minimum atomic E-state index is -0.187. The number of pyridine rings is 1. The molecule has 1 N–H and O–H groups in total. The smallest absolute Gasteiger partial charge is 0.242 e. The Morgan fingerprint density at radius 3 is 3.08 bits per heavy atom. The lowest BCUT2D eigenvalue weighted by Gasteiger charge is -2.21. The summed E-state index contributed by atoms with van der Waals surface area (Å²) in [5.41, 5.74) is 0.881. The van der Waals surface area contributed by atoms with Crippen molar-refractivity contribution in [2.24, 2.45) is 0 Å². The number of anilines is 1. The maximum atomic E-state index is 12.6. The first-order valence-corrected chi connectivity index (χ1v) is 8.95. The fraction of sp³-hybridized carbons (Fsp3) is 0.556. The Morgan fingerprint density at radius 1 is 1.40 bits per heavy atom. The van der Waals surface area contributed by atoms with Crippen molar-refractivity contribution in [2.75, 3.05) is 11.9 Å². The second kappa shape index (κ2) is 8.20. The van der Waals surface area contributed by atoms with E-state index in [1.165, 1.54) is 0 Å². The van der Waals surface area contributed by atoms with Crippen molar-refractivity contribution in [3.63, 3.8) is 0 Å². The van der Waals surface area contributed by atoms with Crippen molar-refractivity contribution in [2.45, 2.75) is 58.5 Å². The number of aryl methyl sites for hydroxylation is 2. The van der Waals surface area contributed by atoms with E-state index in [4.69, 9.17) is 4.52 Å². The summed E-state index contributed by atoms with van der Waals surface area (Å²) in [6.45, 7) is 5.41. The second-order valence-corrected chi connectivity index (χ2v) is 6.49. The number of unbranched alkanes of at least 4 members (excludes halogenated alkanes) is 1. The van der Waals surface area contributed by atoms with Gasteiger partial charge in [0, 0.05) is 12.1 Å². The van der Waals surface area contributed by atoms with Crippen molar-refractivity contribution in [1.82, 2.24) is 20.0 Å². The highest BCUT2D eigenvalue weighted by atomic mass is 16.5. The number of rotatable bonds is 7. The maximum Gasteiger partial charge on any atom is 0.242 e. The zero-order valence-electron chi connectivity index (χ0n) is 14.9. The van der Waals surface area contributed by atoms with Gasteiger partial charge in [-0.15, -0.1) is 0 Å². The number of hydrogen-bond acceptors (Lipinski definition) is 6. The molecule has 7 nitrogen and oxygen atoms in total. The predicted octanol–water partition coefficient (Wildman–Crippen LogP) is 2.72. The molecule has 1 saturated heterocycles. The minimum absolute atomic E-state index is 0.0266. The minimum Gasteiger partial charge on any atom is -0.338 e. The van der Waals surface area contributed by atoms with E-state index in [9.17, 15) is 4.79 Å². The second-order valence-electron chi connectivity index (χ2n) is 6.49. The van der Waals surface area contributed by atoms with Gasteiger partial charge in [-0.1, -0.05) is 24.6 Å². The molecule has 1 fully saturated rings. The van der Waals surface area contributed by atoms with Gasteiger partial charge in [0.2, 0.25) is 11.8 Å². The highest BCUT2D eigenvalue weighted by Gasteiger charge is 2.32. The molecule has 0 aromatic carbocycles. The van der Waals surface area contributed by atoms with Crippen molar-refractivity contribution in [3.05, 3.63) is 35.6 Å². The highest BCUT2D eigenvalue weighted by molar-refractivity contribution is 5.94. The Labute approximate surface area is 147 Å². The molecular formula is C18H25N5O2. The lowest BCUT2D eigenvalue weighted by atomic mass is 10.2. The molecule has 3 heterocycles. The van der Waals surface area contributed by atoms with Crippen LogP contribution in [0.5, 0.6) is 0 Å². The highest BCUT2D eigenvalue weighted by Crippen LogP contribution is 2.21. The van der Waals surface area contributed by atoms with Gasteiger partial charge in [0.1, 0.15) is 5.82 Å². The Bertz CT molecular complexity index is 715. The summed E-state index contributed by atoms with van der Waals surface area (Å²) >= 11 is 0. The van der Waals surface area contributed by atoms with E-state index in [2.05, 4.69) is 32.3 Å². The molecule has 0 radical (unpaired) electrons. The zero-order chi connectivity index (χ0) is 17.6. The first-order valence-electron chi connectivity index (χ1n) is 8.95. The van der Waals surface area contributed by atoms with E-state index in [1.54, 1.807) is 0 Å². The molecule has 7 heteroatoms. The first kappa shape index (κ1) is 17.5. The molecule has 2 aromatic rings. The molecule has 0 aliphatic carbocycles. The van der Waals surface area contributed by atoms with E-state index in [-0.39, 0.29) is 11.9 Å². The standard InChI is InChI=1S/C18H25N5O2/c1-3-4-9-16-20-17(25-22-16)12-23-11-6-8-14(23)18(24)21-15-10-5-7-13(2)19-15/h5,7,10,14H,3-4,6,8-9,11-12H2,1-2H3,(H,19,21,24)/t14-/m0/s1. The largest absolute Gasteiger partial charge is 0.338 e. The van der Waals surface area contributed by atoms with E-state index >= 15 is 0 Å². The number of carbonyl (C=O) groups is 1. The summed E-state index contributed by atoms with van der Waals surface area (Å²) in [5, 5.41) is 6.93. The van der Waals surface area contributed by atoms with Crippen LogP contribution in [0.15, 0.2) is 22.7 Å². The number of nitrogens with one attached hydrogen (secondary N) is 1. The van der Waals surface area contributed by atoms with Crippen LogP contribution in [-0.4, -0.2) is 38.5 Å². The average Bonchev–Trinajstić information content (AvgIpc) is 3.23. The Hall–Kier alpha value is -2.28. The summed E-state index contributed by atoms with van der Waals surface area (Å²) in [6.07, 6.45) is 4.80. The van der Waals surface area contributed by atoms with E-state index in [0.717, 1.165) is 50.2 Å². The summed E-state index contributed by atoms with van der Waals surface area (Å²) < 4.78 is 5.34. The molecule has 3 rings (SSSR count). The van der Waals surface area contributed by atoms with Crippen LogP contribution in [0.3, 0.4) is 0 Å². The molecule has 1 amide bonds. The molecule has 1 atom stereocenters. The summed E-state index contributed by atoms with van der Waals surface area (Å²) in [7, 11) is 0. The van der Waals surface area contributed by atoms with E-state index in [0.29, 0.717) is 18.3 Å². The van der Waals surface area contributed by atoms with Crippen molar-refractivity contribution in [1.29, 1.82) is 0 Å². The average molecular weight is 343 g/mol. The Balaban J connectivity index is 1.60. The van der Waals surface area contributed by atoms with Gasteiger partial charge < -0.3 is 9.84 Å². The monoisotopic (exact) mass is 343 g/mol. The third-order valence-corrected chi connectivity index (χ3v) is 4.41. The van der Waals surface area contributed by atoms with Crippen LogP contribution < -0.4 is 5.32 Å². The number of hydrogen-bond donors (Lipinski definition) is 1. The third-order valence-electron chi connectivity index (χ3n) is 4.41. The van der Waals surface area contributed by atoms with Gasteiger partial charge in [-0.05, 0) is 44.9 Å². The van der Waals surface area contributed by atoms with Crippen LogP contribution >= 0.6 is 0 Å². The predicted molar refractivity (Wildman–Crippen MR) is 93.9 cm³/mol. The van der Waals surface area contributed by atoms with Gasteiger partial charge in [-0.2, -0.15) is 4.98 Å². The van der Waals surface area contributed by atoms with Crippen LogP contribution in [0.2, 0.25) is 0 Å². The summed E-state index contributed by atoms with van der Waals surface area (Å²) in [6, 6.07) is 5.42. The van der Waals surface area contributed by atoms with Gasteiger partial charge in [-0.3, -0.25) is 9.69 Å². The van der Waals surface area contributed by atoms with Gasteiger partial charge >= 0.3 is 0 Å². The SMILES string of the molecule is CCCCc1noc(CN2CCC[C@H]2C(=O)Nc2cccc(C)n2)n1. The zero-order valence-corrected chi connectivity index (χ0v) is 14.9. The molecule has 0 bridgehead atoms. The van der Waals surface area contributed by atoms with E-state index in [1.807, 2.05) is 25.1 Å². The lowest BCUT2D eigenvalue weighted by Crippen LogP contribution is -2.39. The number of carbonyl (C=O) groups excluding carboxylic acids is 1. The molecule has 1 aliphatic heterocycles. The third kappa shape index (κ3) is 4.63. The van der Waals surface area contributed by atoms with E-state index < -0.39 is 0 Å². The van der Waals surface area contributed by atoms with Gasteiger partial charge in [0.25, 0.3) is 0 Å². The summed E-state index contributed by atoms with van der Waals surface area (Å²) in [5.74, 6) is 1.90. The Kier molecular flexibility index (Phi) is 5.75. The van der Waals surface area contributed by atoms with Gasteiger partial charge in [0.15, 0.2) is 5.82 Å². The molecule has 0 spiro atoms. The van der Waals surface area contributed by atoms with Crippen LogP contribution in [-0.2, 0) is 17.8 Å². The topological polar surface area (TPSA) is 84.2 Å². The molecule has 0 saturated carbocycles. The van der Waals surface area contributed by atoms with Crippen LogP contribution in [0.4, 0.5) is 5.82 Å². The molecule has 0 unspecified atom stereocenters. The number of amides is 1. The first-order chi connectivity index (χ1) is 12.2. The molecule has 2 aromatic heterocycles. The fourth-order valence-electron chi connectivity index (χ4n) is 3.10. The molecule has 1 aliphatic rings. The van der Waals surface area contributed by atoms with Crippen molar-refractivity contribution >= 4 is 11.7 Å². The molecular weight excluding hydrogens is 318 g/mol. The summed E-state index contributed by atoms with van der Waals surface area (Å²) in [4.78, 5) is 23.5. The maximum absolute atomic E-state index is 12.6. The quantitative estimate of drug-likeness (QED) is 0.832. The van der Waals surface area contributed by atoms with Crippen molar-refractivity contribution in [3.8, 4) is 0 Å². The van der Waals surface area contributed by atoms with Crippen LogP contribution in [0.1, 0.15) is 50.0 Å². The molecule has 25 heavy (non-hydrogen) atoms. The number of aromatic nitrogens is 3. The van der Waals surface area contributed by atoms with Crippen LogP contribution in [0, 0.1) is 6.92 Å². The van der Waals surface area contributed by atoms with Crippen LogP contribution in [0.25, 0.3) is 0 Å². The molecule has 134 valence electrons. The number of likely N-dealkylation sites (tertiary alicyclic amines) is 1. The lowest BCUT2D eigenvalue weighted by molar-refractivity contribution is -0.120. The normalized spacial score (nSPS) is 17.8. The number of nitrogens with zero attached hydrogens (tertiary/aromatic N) is 4. The van der Waals surface area contributed by atoms with Crippen molar-refractivity contribution < 1.29 is 9.32 Å². The van der Waals surface area contributed by atoms with Gasteiger partial charge in [0.05, 0.1) is 12.6 Å².